The lowest BCUT2D eigenvalue weighted by Gasteiger charge is -2.18. The van der Waals surface area contributed by atoms with Crippen LogP contribution in [0.25, 0.3) is 0 Å². The van der Waals surface area contributed by atoms with Gasteiger partial charge in [0.1, 0.15) is 13.2 Å². The maximum atomic E-state index is 12.8. The minimum Gasteiger partial charge on any atom is -0.462 e. The monoisotopic (exact) mass is 883 g/mol. The molecule has 0 bridgehead atoms. The molecule has 0 saturated heterocycles. The Kier molecular flexibility index (Phi) is 49.8. The average molecular weight is 883 g/mol. The van der Waals surface area contributed by atoms with Crippen molar-refractivity contribution in [3.63, 3.8) is 0 Å². The van der Waals surface area contributed by atoms with Gasteiger partial charge in [0.05, 0.1) is 0 Å². The van der Waals surface area contributed by atoms with Crippen molar-refractivity contribution in [2.24, 2.45) is 0 Å². The SMILES string of the molecule is CC/C=C\C/C=C\C/C=C\C/C=C\CCCCCCC(=O)OCC(COC(=O)CCCCCCCCCCCCCCC)OC(=O)CCCCCCCCCCCCCCCCC. The Bertz CT molecular complexity index is 1110. The smallest absolute Gasteiger partial charge is 0.306 e. The zero-order valence-electron chi connectivity index (χ0n) is 41.8. The van der Waals surface area contributed by atoms with Crippen LogP contribution in [0, 0.1) is 0 Å². The molecule has 0 aliphatic heterocycles. The molecule has 0 aromatic heterocycles. The fraction of sp³-hybridized carbons (Fsp3) is 0.807. The highest BCUT2D eigenvalue weighted by Crippen LogP contribution is 2.16. The molecule has 0 heterocycles. The van der Waals surface area contributed by atoms with Crippen LogP contribution in [-0.4, -0.2) is 37.2 Å². The van der Waals surface area contributed by atoms with Gasteiger partial charge >= 0.3 is 17.9 Å². The van der Waals surface area contributed by atoms with Gasteiger partial charge < -0.3 is 14.2 Å². The van der Waals surface area contributed by atoms with Crippen molar-refractivity contribution >= 4 is 17.9 Å². The Morgan fingerprint density at radius 2 is 0.619 bits per heavy atom. The molecule has 0 aromatic carbocycles. The summed E-state index contributed by atoms with van der Waals surface area (Å²) in [6.07, 6.45) is 62.3. The lowest BCUT2D eigenvalue weighted by Crippen LogP contribution is -2.30. The number of allylic oxidation sites excluding steroid dienone is 8. The molecule has 0 spiro atoms. The summed E-state index contributed by atoms with van der Waals surface area (Å²) in [5.41, 5.74) is 0. The van der Waals surface area contributed by atoms with Crippen LogP contribution in [0.4, 0.5) is 0 Å². The van der Waals surface area contributed by atoms with E-state index in [0.717, 1.165) is 96.3 Å². The zero-order valence-corrected chi connectivity index (χ0v) is 41.8. The van der Waals surface area contributed by atoms with Gasteiger partial charge in [0.15, 0.2) is 6.10 Å². The second kappa shape index (κ2) is 52.0. The molecule has 0 fully saturated rings. The van der Waals surface area contributed by atoms with E-state index in [1.807, 2.05) is 0 Å². The van der Waals surface area contributed by atoms with Crippen LogP contribution in [0.2, 0.25) is 0 Å². The van der Waals surface area contributed by atoms with Crippen molar-refractivity contribution in [1.82, 2.24) is 0 Å². The second-order valence-electron chi connectivity index (χ2n) is 18.1. The van der Waals surface area contributed by atoms with Gasteiger partial charge in [-0.05, 0) is 57.8 Å². The van der Waals surface area contributed by atoms with Gasteiger partial charge in [-0.1, -0.05) is 249 Å². The van der Waals surface area contributed by atoms with Gasteiger partial charge in [0.25, 0.3) is 0 Å². The van der Waals surface area contributed by atoms with E-state index in [1.54, 1.807) is 0 Å². The number of ether oxygens (including phenoxy) is 3. The molecule has 0 aromatic rings. The second-order valence-corrected chi connectivity index (χ2v) is 18.1. The van der Waals surface area contributed by atoms with Gasteiger partial charge in [0, 0.05) is 19.3 Å². The number of carbonyl (C=O) groups excluding carboxylic acids is 3. The molecule has 0 aliphatic carbocycles. The van der Waals surface area contributed by atoms with Crippen molar-refractivity contribution in [1.29, 1.82) is 0 Å². The van der Waals surface area contributed by atoms with Crippen molar-refractivity contribution in [2.45, 2.75) is 284 Å². The molecule has 1 unspecified atom stereocenters. The van der Waals surface area contributed by atoms with Gasteiger partial charge in [-0.3, -0.25) is 14.4 Å². The Hall–Kier alpha value is -2.63. The summed E-state index contributed by atoms with van der Waals surface area (Å²) in [7, 11) is 0. The summed E-state index contributed by atoms with van der Waals surface area (Å²) in [4.78, 5) is 38.0. The average Bonchev–Trinajstić information content (AvgIpc) is 3.28. The van der Waals surface area contributed by atoms with Crippen LogP contribution >= 0.6 is 0 Å². The van der Waals surface area contributed by atoms with E-state index in [2.05, 4.69) is 69.4 Å². The summed E-state index contributed by atoms with van der Waals surface area (Å²) in [6.45, 7) is 6.53. The summed E-state index contributed by atoms with van der Waals surface area (Å²) in [5.74, 6) is -0.889. The van der Waals surface area contributed by atoms with Crippen molar-refractivity contribution < 1.29 is 28.6 Å². The number of rotatable bonds is 49. The first-order chi connectivity index (χ1) is 31.0. The molecule has 0 aliphatic rings. The van der Waals surface area contributed by atoms with Gasteiger partial charge in [-0.15, -0.1) is 0 Å². The molecule has 366 valence electrons. The van der Waals surface area contributed by atoms with Crippen LogP contribution < -0.4 is 0 Å². The molecule has 0 radical (unpaired) electrons. The van der Waals surface area contributed by atoms with Crippen LogP contribution in [0.5, 0.6) is 0 Å². The van der Waals surface area contributed by atoms with E-state index in [1.165, 1.54) is 141 Å². The van der Waals surface area contributed by atoms with Gasteiger partial charge in [-0.25, -0.2) is 0 Å². The Morgan fingerprint density at radius 1 is 0.333 bits per heavy atom. The van der Waals surface area contributed by atoms with Crippen LogP contribution in [0.3, 0.4) is 0 Å². The number of unbranched alkanes of at least 4 members (excludes halogenated alkanes) is 30. The lowest BCUT2D eigenvalue weighted by atomic mass is 10.0. The number of hydrogen-bond donors (Lipinski definition) is 0. The summed E-state index contributed by atoms with van der Waals surface area (Å²) >= 11 is 0. The molecule has 0 N–H and O–H groups in total. The summed E-state index contributed by atoms with van der Waals surface area (Å²) < 4.78 is 16.8. The fourth-order valence-corrected chi connectivity index (χ4v) is 7.79. The minimum atomic E-state index is -0.778. The standard InChI is InChI=1S/C57H102O6/c1-4-7-10-13-16-19-22-25-27-28-30-32-35-38-41-44-47-50-56(59)62-53-54(52-61-55(58)49-46-43-40-37-34-31-24-21-18-15-12-9-6-3)63-57(60)51-48-45-42-39-36-33-29-26-23-20-17-14-11-8-5-2/h7,10,16,19,25,27,30,32,54H,4-6,8-9,11-15,17-18,20-24,26,28-29,31,33-53H2,1-3H3/b10-7-,19-16-,27-25-,32-30-. The number of hydrogen-bond acceptors (Lipinski definition) is 6. The number of carbonyl (C=O) groups is 3. The van der Waals surface area contributed by atoms with E-state index in [4.69, 9.17) is 14.2 Å². The topological polar surface area (TPSA) is 78.9 Å². The highest BCUT2D eigenvalue weighted by atomic mass is 16.6. The highest BCUT2D eigenvalue weighted by molar-refractivity contribution is 5.71. The van der Waals surface area contributed by atoms with E-state index in [0.29, 0.717) is 19.3 Å². The highest BCUT2D eigenvalue weighted by Gasteiger charge is 2.19. The molecule has 0 saturated carbocycles. The lowest BCUT2D eigenvalue weighted by molar-refractivity contribution is -0.167. The molecular formula is C57H102O6. The summed E-state index contributed by atoms with van der Waals surface area (Å²) in [5, 5.41) is 0. The van der Waals surface area contributed by atoms with E-state index >= 15 is 0 Å². The molecule has 1 atom stereocenters. The normalized spacial score (nSPS) is 12.4. The molecule has 0 rings (SSSR count). The molecular weight excluding hydrogens is 781 g/mol. The molecule has 6 heteroatoms. The predicted octanol–water partition coefficient (Wildman–Crippen LogP) is 17.9. The predicted molar refractivity (Wildman–Crippen MR) is 270 cm³/mol. The molecule has 0 amide bonds. The van der Waals surface area contributed by atoms with Crippen molar-refractivity contribution in [3.05, 3.63) is 48.6 Å². The largest absolute Gasteiger partial charge is 0.462 e. The third-order valence-electron chi connectivity index (χ3n) is 11.8. The molecule has 63 heavy (non-hydrogen) atoms. The maximum absolute atomic E-state index is 12.8. The Morgan fingerprint density at radius 3 is 0.968 bits per heavy atom. The van der Waals surface area contributed by atoms with Gasteiger partial charge in [0.2, 0.25) is 0 Å². The third kappa shape index (κ3) is 50.2. The maximum Gasteiger partial charge on any atom is 0.306 e. The minimum absolute atomic E-state index is 0.0769. The first-order valence-corrected chi connectivity index (χ1v) is 27.1. The molecule has 6 nitrogen and oxygen atoms in total. The van der Waals surface area contributed by atoms with Crippen molar-refractivity contribution in [3.8, 4) is 0 Å². The third-order valence-corrected chi connectivity index (χ3v) is 11.8. The van der Waals surface area contributed by atoms with E-state index in [-0.39, 0.29) is 31.1 Å². The Balaban J connectivity index is 4.39. The first-order valence-electron chi connectivity index (χ1n) is 27.1. The Labute approximate surface area is 390 Å². The van der Waals surface area contributed by atoms with Crippen LogP contribution in [0.15, 0.2) is 48.6 Å². The fourth-order valence-electron chi connectivity index (χ4n) is 7.79. The quantitative estimate of drug-likeness (QED) is 0.0262. The van der Waals surface area contributed by atoms with Crippen LogP contribution in [-0.2, 0) is 28.6 Å². The van der Waals surface area contributed by atoms with E-state index in [9.17, 15) is 14.4 Å². The zero-order chi connectivity index (χ0) is 45.8. The number of esters is 3. The van der Waals surface area contributed by atoms with E-state index < -0.39 is 6.10 Å². The first kappa shape index (κ1) is 60.4. The van der Waals surface area contributed by atoms with Crippen molar-refractivity contribution in [2.75, 3.05) is 13.2 Å². The van der Waals surface area contributed by atoms with Gasteiger partial charge in [-0.2, -0.15) is 0 Å². The van der Waals surface area contributed by atoms with Crippen LogP contribution in [0.1, 0.15) is 278 Å². The summed E-state index contributed by atoms with van der Waals surface area (Å²) in [6, 6.07) is 0.